The van der Waals surface area contributed by atoms with Crippen LogP contribution < -0.4 is 0 Å². The highest BCUT2D eigenvalue weighted by molar-refractivity contribution is 7.91. The maximum Gasteiger partial charge on any atom is 0.151 e. The Morgan fingerprint density at radius 2 is 2.21 bits per heavy atom. The van der Waals surface area contributed by atoms with Gasteiger partial charge in [0.1, 0.15) is 5.82 Å². The summed E-state index contributed by atoms with van der Waals surface area (Å²) in [5.74, 6) is -0.323. The van der Waals surface area contributed by atoms with Crippen LogP contribution in [0.2, 0.25) is 5.02 Å². The summed E-state index contributed by atoms with van der Waals surface area (Å²) in [7, 11) is -3.02. The molecule has 1 unspecified atom stereocenters. The van der Waals surface area contributed by atoms with Crippen LogP contribution in [-0.2, 0) is 16.4 Å². The van der Waals surface area contributed by atoms with Gasteiger partial charge >= 0.3 is 0 Å². The minimum atomic E-state index is -3.02. The number of piperidine rings is 1. The molecule has 0 aromatic heterocycles. The van der Waals surface area contributed by atoms with E-state index in [-0.39, 0.29) is 11.1 Å². The summed E-state index contributed by atoms with van der Waals surface area (Å²) >= 11 is 6.03. The van der Waals surface area contributed by atoms with E-state index in [4.69, 9.17) is 11.6 Å². The molecule has 0 radical (unpaired) electrons. The van der Waals surface area contributed by atoms with E-state index in [1.807, 2.05) is 4.90 Å². The molecule has 1 saturated heterocycles. The Balaban J connectivity index is 2.09. The highest BCUT2D eigenvalue weighted by atomic mass is 35.5. The molecule has 3 nitrogen and oxygen atoms in total. The minimum absolute atomic E-state index is 0.323. The van der Waals surface area contributed by atoms with Crippen molar-refractivity contribution in [3.8, 4) is 0 Å². The first kappa shape index (κ1) is 14.8. The highest BCUT2D eigenvalue weighted by Crippen LogP contribution is 2.22. The second-order valence-electron chi connectivity index (χ2n) is 5.06. The number of hydrogen-bond acceptors (Lipinski definition) is 3. The number of benzene rings is 1. The van der Waals surface area contributed by atoms with Crippen LogP contribution >= 0.6 is 11.6 Å². The summed E-state index contributed by atoms with van der Waals surface area (Å²) in [6.45, 7) is 1.80. The van der Waals surface area contributed by atoms with E-state index in [1.165, 1.54) is 24.5 Å². The Morgan fingerprint density at radius 3 is 2.89 bits per heavy atom. The summed E-state index contributed by atoms with van der Waals surface area (Å²) in [4.78, 5) is 2.02. The zero-order chi connectivity index (χ0) is 14.0. The maximum atomic E-state index is 13.2. The zero-order valence-electron chi connectivity index (χ0n) is 10.8. The summed E-state index contributed by atoms with van der Waals surface area (Å²) in [6, 6.07) is 4.26. The smallest absolute Gasteiger partial charge is 0.151 e. The van der Waals surface area contributed by atoms with E-state index < -0.39 is 9.84 Å². The number of halogens is 2. The molecule has 0 spiro atoms. The molecule has 1 aliphatic heterocycles. The first-order valence-corrected chi connectivity index (χ1v) is 8.54. The van der Waals surface area contributed by atoms with Gasteiger partial charge < -0.3 is 0 Å². The Labute approximate surface area is 118 Å². The van der Waals surface area contributed by atoms with E-state index in [2.05, 4.69) is 0 Å². The predicted molar refractivity (Wildman–Crippen MR) is 74.6 cm³/mol. The molecule has 106 valence electrons. The summed E-state index contributed by atoms with van der Waals surface area (Å²) in [6.07, 6.45) is 2.81. The fourth-order valence-electron chi connectivity index (χ4n) is 2.41. The van der Waals surface area contributed by atoms with Crippen LogP contribution in [0.15, 0.2) is 18.2 Å². The maximum absolute atomic E-state index is 13.2. The van der Waals surface area contributed by atoms with Crippen molar-refractivity contribution in [2.75, 3.05) is 19.3 Å². The molecule has 1 aliphatic rings. The monoisotopic (exact) mass is 305 g/mol. The highest BCUT2D eigenvalue weighted by Gasteiger charge is 2.27. The van der Waals surface area contributed by atoms with Gasteiger partial charge in [-0.05, 0) is 43.1 Å². The van der Waals surface area contributed by atoms with Gasteiger partial charge in [0.2, 0.25) is 0 Å². The van der Waals surface area contributed by atoms with Gasteiger partial charge in [-0.1, -0.05) is 11.6 Å². The Kier molecular flexibility index (Phi) is 4.48. The lowest BCUT2D eigenvalue weighted by Gasteiger charge is -2.31. The van der Waals surface area contributed by atoms with Crippen LogP contribution in [0, 0.1) is 5.82 Å². The lowest BCUT2D eigenvalue weighted by molar-refractivity contribution is 0.222. The normalized spacial score (nSPS) is 21.5. The van der Waals surface area contributed by atoms with E-state index in [1.54, 1.807) is 0 Å². The van der Waals surface area contributed by atoms with E-state index in [0.29, 0.717) is 30.1 Å². The van der Waals surface area contributed by atoms with E-state index >= 15 is 0 Å². The largest absolute Gasteiger partial charge is 0.298 e. The molecule has 19 heavy (non-hydrogen) atoms. The topological polar surface area (TPSA) is 37.4 Å². The number of hydrogen-bond donors (Lipinski definition) is 0. The van der Waals surface area contributed by atoms with Gasteiger partial charge in [-0.25, -0.2) is 12.8 Å². The molecule has 1 fully saturated rings. The second-order valence-corrected chi connectivity index (χ2v) is 7.80. The molecular weight excluding hydrogens is 289 g/mol. The molecule has 0 N–H and O–H groups in total. The van der Waals surface area contributed by atoms with E-state index in [9.17, 15) is 12.8 Å². The SMILES string of the molecule is CS(=O)(=O)C1CCCN(Cc2cc(F)ccc2Cl)C1. The quantitative estimate of drug-likeness (QED) is 0.861. The Bertz CT molecular complexity index is 562. The third kappa shape index (κ3) is 3.91. The lowest BCUT2D eigenvalue weighted by atomic mass is 10.1. The summed E-state index contributed by atoms with van der Waals surface area (Å²) in [5, 5.41) is 0.191. The van der Waals surface area contributed by atoms with Gasteiger partial charge in [-0.2, -0.15) is 0 Å². The molecule has 0 saturated carbocycles. The fourth-order valence-corrected chi connectivity index (χ4v) is 3.67. The van der Waals surface area contributed by atoms with Crippen LogP contribution in [0.25, 0.3) is 0 Å². The van der Waals surface area contributed by atoms with Gasteiger partial charge in [0.25, 0.3) is 0 Å². The molecule has 0 amide bonds. The molecule has 6 heteroatoms. The third-order valence-corrected chi connectivity index (χ3v) is 5.43. The number of rotatable bonds is 3. The molecule has 0 aliphatic carbocycles. The minimum Gasteiger partial charge on any atom is -0.298 e. The molecule has 1 aromatic rings. The first-order valence-electron chi connectivity index (χ1n) is 6.21. The van der Waals surface area contributed by atoms with Crippen LogP contribution in [0.3, 0.4) is 0 Å². The summed E-state index contributed by atoms with van der Waals surface area (Å²) in [5.41, 5.74) is 0.704. The first-order chi connectivity index (χ1) is 8.86. The Hall–Kier alpha value is -0.650. The molecule has 1 atom stereocenters. The molecule has 2 rings (SSSR count). The third-order valence-electron chi connectivity index (χ3n) is 3.47. The van der Waals surface area contributed by atoms with Crippen molar-refractivity contribution >= 4 is 21.4 Å². The molecular formula is C13H17ClFNO2S. The van der Waals surface area contributed by atoms with Crippen molar-refractivity contribution in [1.82, 2.24) is 4.90 Å². The lowest BCUT2D eigenvalue weighted by Crippen LogP contribution is -2.41. The van der Waals surface area contributed by atoms with Crippen molar-refractivity contribution in [3.63, 3.8) is 0 Å². The van der Waals surface area contributed by atoms with Gasteiger partial charge in [0.15, 0.2) is 9.84 Å². The van der Waals surface area contributed by atoms with Gasteiger partial charge in [-0.3, -0.25) is 4.90 Å². The van der Waals surface area contributed by atoms with Crippen LogP contribution in [-0.4, -0.2) is 37.9 Å². The van der Waals surface area contributed by atoms with E-state index in [0.717, 1.165) is 13.0 Å². The zero-order valence-corrected chi connectivity index (χ0v) is 12.3. The van der Waals surface area contributed by atoms with Gasteiger partial charge in [-0.15, -0.1) is 0 Å². The number of likely N-dealkylation sites (tertiary alicyclic amines) is 1. The molecule has 1 heterocycles. The molecule has 0 bridgehead atoms. The van der Waals surface area contributed by atoms with Crippen molar-refractivity contribution < 1.29 is 12.8 Å². The summed E-state index contributed by atoms with van der Waals surface area (Å²) < 4.78 is 36.4. The predicted octanol–water partition coefficient (Wildman–Crippen LogP) is 2.49. The average molecular weight is 306 g/mol. The van der Waals surface area contributed by atoms with Gasteiger partial charge in [0.05, 0.1) is 5.25 Å². The molecule has 1 aromatic carbocycles. The fraction of sp³-hybridized carbons (Fsp3) is 0.538. The van der Waals surface area contributed by atoms with Crippen molar-refractivity contribution in [2.24, 2.45) is 0 Å². The van der Waals surface area contributed by atoms with Crippen LogP contribution in [0.4, 0.5) is 4.39 Å². The van der Waals surface area contributed by atoms with Crippen LogP contribution in [0.5, 0.6) is 0 Å². The van der Waals surface area contributed by atoms with Crippen molar-refractivity contribution in [2.45, 2.75) is 24.6 Å². The Morgan fingerprint density at radius 1 is 1.47 bits per heavy atom. The van der Waals surface area contributed by atoms with Crippen LogP contribution in [0.1, 0.15) is 18.4 Å². The van der Waals surface area contributed by atoms with Crippen molar-refractivity contribution in [3.05, 3.63) is 34.6 Å². The standard InChI is InChI=1S/C13H17ClFNO2S/c1-19(17,18)12-3-2-6-16(9-12)8-10-7-11(15)4-5-13(10)14/h4-5,7,12H,2-3,6,8-9H2,1H3. The second kappa shape index (κ2) is 5.77. The van der Waals surface area contributed by atoms with Gasteiger partial charge in [0, 0.05) is 24.4 Å². The number of sulfone groups is 1. The average Bonchev–Trinajstić information content (AvgIpc) is 2.33. The number of nitrogens with zero attached hydrogens (tertiary/aromatic N) is 1. The van der Waals surface area contributed by atoms with Crippen molar-refractivity contribution in [1.29, 1.82) is 0 Å².